The lowest BCUT2D eigenvalue weighted by Gasteiger charge is -2.30. The third-order valence-electron chi connectivity index (χ3n) is 4.68. The van der Waals surface area contributed by atoms with Crippen LogP contribution in [0.15, 0.2) is 35.7 Å². The molecule has 1 amide bonds. The second-order valence-corrected chi connectivity index (χ2v) is 6.97. The Balaban J connectivity index is 1.51. The van der Waals surface area contributed by atoms with E-state index < -0.39 is 12.5 Å². The fourth-order valence-electron chi connectivity index (χ4n) is 3.01. The fourth-order valence-corrected chi connectivity index (χ4v) is 3.01. The van der Waals surface area contributed by atoms with Crippen LogP contribution in [0.2, 0.25) is 0 Å². The molecule has 172 valence electrons. The zero-order valence-corrected chi connectivity index (χ0v) is 17.1. The maximum Gasteiger partial charge on any atom is 0.573 e. The van der Waals surface area contributed by atoms with Crippen molar-refractivity contribution in [3.63, 3.8) is 0 Å². The van der Waals surface area contributed by atoms with Crippen molar-refractivity contribution in [2.45, 2.75) is 38.7 Å². The highest BCUT2D eigenvalue weighted by molar-refractivity contribution is 5.65. The topological polar surface area (TPSA) is 106 Å². The van der Waals surface area contributed by atoms with Crippen molar-refractivity contribution in [2.75, 3.05) is 13.1 Å². The number of amides is 1. The van der Waals surface area contributed by atoms with Crippen molar-refractivity contribution in [1.82, 2.24) is 14.9 Å². The molecule has 1 aliphatic rings. The second kappa shape index (κ2) is 10.2. The van der Waals surface area contributed by atoms with Crippen LogP contribution in [-0.4, -0.2) is 57.8 Å². The van der Waals surface area contributed by atoms with Gasteiger partial charge in [-0.25, -0.2) is 9.78 Å². The highest BCUT2D eigenvalue weighted by Gasteiger charge is 2.31. The molecule has 1 aromatic carbocycles. The Morgan fingerprint density at radius 1 is 1.22 bits per heavy atom. The summed E-state index contributed by atoms with van der Waals surface area (Å²) in [4.78, 5) is 25.8. The standard InChI is InChI=1S/C20H21F3N4O5/c1-13-17(30-15-7-10-27(11-8-15)19(28)29)24-12-25-18(13)32-26-9-6-14-2-4-16(5-3-14)31-20(21,22)23/h2-5,9,12,15H,6-8,10-11H2,1H3,(H,28,29). The predicted octanol–water partition coefficient (Wildman–Crippen LogP) is 3.81. The quantitative estimate of drug-likeness (QED) is 0.501. The van der Waals surface area contributed by atoms with Gasteiger partial charge in [0.05, 0.1) is 5.56 Å². The van der Waals surface area contributed by atoms with E-state index in [1.807, 2.05) is 0 Å². The number of ether oxygens (including phenoxy) is 2. The van der Waals surface area contributed by atoms with Crippen LogP contribution in [0, 0.1) is 6.92 Å². The number of carboxylic acid groups (broad SMARTS) is 1. The summed E-state index contributed by atoms with van der Waals surface area (Å²) >= 11 is 0. The summed E-state index contributed by atoms with van der Waals surface area (Å²) in [6, 6.07) is 5.42. The minimum Gasteiger partial charge on any atom is -0.474 e. The first-order chi connectivity index (χ1) is 15.2. The van der Waals surface area contributed by atoms with Crippen molar-refractivity contribution in [3.05, 3.63) is 41.7 Å². The number of likely N-dealkylation sites (tertiary alicyclic amines) is 1. The van der Waals surface area contributed by atoms with Gasteiger partial charge >= 0.3 is 12.5 Å². The fraction of sp³-hybridized carbons (Fsp3) is 0.400. The van der Waals surface area contributed by atoms with Gasteiger partial charge in [-0.05, 0) is 24.6 Å². The van der Waals surface area contributed by atoms with Crippen molar-refractivity contribution in [1.29, 1.82) is 0 Å². The number of hydrogen-bond acceptors (Lipinski definition) is 7. The van der Waals surface area contributed by atoms with Gasteiger partial charge in [-0.3, -0.25) is 0 Å². The van der Waals surface area contributed by atoms with E-state index in [-0.39, 0.29) is 17.7 Å². The Morgan fingerprint density at radius 3 is 2.50 bits per heavy atom. The van der Waals surface area contributed by atoms with E-state index in [0.717, 1.165) is 0 Å². The van der Waals surface area contributed by atoms with Crippen LogP contribution >= 0.6 is 0 Å². The van der Waals surface area contributed by atoms with Crippen molar-refractivity contribution in [2.24, 2.45) is 5.16 Å². The highest BCUT2D eigenvalue weighted by Crippen LogP contribution is 2.26. The molecule has 1 N–H and O–H groups in total. The van der Waals surface area contributed by atoms with Crippen LogP contribution in [0.25, 0.3) is 0 Å². The van der Waals surface area contributed by atoms with Gasteiger partial charge in [0.2, 0.25) is 5.88 Å². The molecule has 2 aromatic rings. The van der Waals surface area contributed by atoms with Gasteiger partial charge in [0, 0.05) is 38.6 Å². The lowest BCUT2D eigenvalue weighted by molar-refractivity contribution is -0.274. The molecule has 3 rings (SSSR count). The molecule has 1 fully saturated rings. The first-order valence-electron chi connectivity index (χ1n) is 9.71. The number of hydrogen-bond donors (Lipinski definition) is 1. The number of alkyl halides is 3. The lowest BCUT2D eigenvalue weighted by atomic mass is 10.1. The maximum absolute atomic E-state index is 12.2. The van der Waals surface area contributed by atoms with Gasteiger partial charge in [-0.2, -0.15) is 4.98 Å². The van der Waals surface area contributed by atoms with E-state index in [0.29, 0.717) is 49.4 Å². The van der Waals surface area contributed by atoms with Crippen LogP contribution in [0.1, 0.15) is 24.0 Å². The Morgan fingerprint density at radius 2 is 1.88 bits per heavy atom. The Hall–Kier alpha value is -3.57. The summed E-state index contributed by atoms with van der Waals surface area (Å²) in [7, 11) is 0. The molecule has 0 saturated carbocycles. The molecule has 2 heterocycles. The predicted molar refractivity (Wildman–Crippen MR) is 106 cm³/mol. The number of carbonyl (C=O) groups is 1. The summed E-state index contributed by atoms with van der Waals surface area (Å²) in [5, 5.41) is 12.9. The average molecular weight is 454 g/mol. The second-order valence-electron chi connectivity index (χ2n) is 6.97. The first kappa shape index (κ1) is 23.1. The molecule has 1 aliphatic heterocycles. The smallest absolute Gasteiger partial charge is 0.474 e. The minimum atomic E-state index is -4.73. The van der Waals surface area contributed by atoms with Crippen LogP contribution in [0.3, 0.4) is 0 Å². The van der Waals surface area contributed by atoms with Gasteiger partial charge in [-0.15, -0.1) is 13.2 Å². The molecule has 12 heteroatoms. The monoisotopic (exact) mass is 454 g/mol. The Kier molecular flexibility index (Phi) is 7.33. The normalized spacial score (nSPS) is 15.1. The van der Waals surface area contributed by atoms with Crippen LogP contribution < -0.4 is 14.3 Å². The van der Waals surface area contributed by atoms with Gasteiger partial charge in [-0.1, -0.05) is 17.3 Å². The summed E-state index contributed by atoms with van der Waals surface area (Å²) in [5.74, 6) is 0.231. The molecule has 0 unspecified atom stereocenters. The van der Waals surface area contributed by atoms with E-state index in [1.54, 1.807) is 6.92 Å². The van der Waals surface area contributed by atoms with Crippen LogP contribution in [-0.2, 0) is 6.42 Å². The zero-order chi connectivity index (χ0) is 23.1. The van der Waals surface area contributed by atoms with Crippen molar-refractivity contribution >= 4 is 12.3 Å². The molecule has 32 heavy (non-hydrogen) atoms. The number of benzene rings is 1. The number of rotatable bonds is 7. The molecule has 0 aliphatic carbocycles. The van der Waals surface area contributed by atoms with Gasteiger partial charge in [0.15, 0.2) is 0 Å². The molecular formula is C20H21F3N4O5. The molecular weight excluding hydrogens is 433 g/mol. The zero-order valence-electron chi connectivity index (χ0n) is 17.1. The average Bonchev–Trinajstić information content (AvgIpc) is 2.74. The maximum atomic E-state index is 12.2. The summed E-state index contributed by atoms with van der Waals surface area (Å²) < 4.78 is 46.3. The Bertz CT molecular complexity index is 945. The highest BCUT2D eigenvalue weighted by atomic mass is 19.4. The number of nitrogens with zero attached hydrogens (tertiary/aromatic N) is 4. The SMILES string of the molecule is Cc1c(ON=CCc2ccc(OC(F)(F)F)cc2)ncnc1OC1CCN(C(=O)O)CC1. The number of halogens is 3. The number of oxime groups is 1. The molecule has 0 bridgehead atoms. The van der Waals surface area contributed by atoms with Crippen molar-refractivity contribution in [3.8, 4) is 17.5 Å². The summed E-state index contributed by atoms with van der Waals surface area (Å²) in [5.41, 5.74) is 1.25. The van der Waals surface area contributed by atoms with Gasteiger partial charge < -0.3 is 24.3 Å². The third kappa shape index (κ3) is 6.72. The van der Waals surface area contributed by atoms with E-state index in [4.69, 9.17) is 14.7 Å². The summed E-state index contributed by atoms with van der Waals surface area (Å²) in [6.07, 6.45) is -1.69. The van der Waals surface area contributed by atoms with Gasteiger partial charge in [0.1, 0.15) is 18.2 Å². The molecule has 0 radical (unpaired) electrons. The van der Waals surface area contributed by atoms with Crippen LogP contribution in [0.5, 0.6) is 17.5 Å². The number of aromatic nitrogens is 2. The van der Waals surface area contributed by atoms with Crippen molar-refractivity contribution < 1.29 is 37.4 Å². The van der Waals surface area contributed by atoms with Gasteiger partial charge in [0.25, 0.3) is 5.88 Å². The van der Waals surface area contributed by atoms with Crippen LogP contribution in [0.4, 0.5) is 18.0 Å². The van der Waals surface area contributed by atoms with E-state index >= 15 is 0 Å². The molecule has 1 saturated heterocycles. The lowest BCUT2D eigenvalue weighted by Crippen LogP contribution is -2.41. The van der Waals surface area contributed by atoms with E-state index in [2.05, 4.69) is 19.9 Å². The molecule has 1 aromatic heterocycles. The molecule has 9 nitrogen and oxygen atoms in total. The van der Waals surface area contributed by atoms with E-state index in [1.165, 1.54) is 41.7 Å². The number of piperidine rings is 1. The first-order valence-corrected chi connectivity index (χ1v) is 9.71. The minimum absolute atomic E-state index is 0.167. The largest absolute Gasteiger partial charge is 0.573 e. The molecule has 0 atom stereocenters. The Labute approximate surface area is 181 Å². The summed E-state index contributed by atoms with van der Waals surface area (Å²) in [6.45, 7) is 2.49. The van der Waals surface area contributed by atoms with E-state index in [9.17, 15) is 18.0 Å². The molecule has 0 spiro atoms. The third-order valence-corrected chi connectivity index (χ3v) is 4.68.